The van der Waals surface area contributed by atoms with Crippen molar-refractivity contribution in [2.75, 3.05) is 15.6 Å². The van der Waals surface area contributed by atoms with Gasteiger partial charge in [0.15, 0.2) is 0 Å². The summed E-state index contributed by atoms with van der Waals surface area (Å²) in [6.07, 6.45) is 5.26. The Hall–Kier alpha value is -3.57. The number of aromatic nitrogens is 4. The molecule has 0 saturated carbocycles. The van der Waals surface area contributed by atoms with Gasteiger partial charge < -0.3 is 16.4 Å². The fourth-order valence-electron chi connectivity index (χ4n) is 4.34. The summed E-state index contributed by atoms with van der Waals surface area (Å²) in [5.74, 6) is -0.249. The predicted octanol–water partition coefficient (Wildman–Crippen LogP) is 2.96. The Morgan fingerprint density at radius 2 is 2.08 bits per heavy atom. The summed E-state index contributed by atoms with van der Waals surface area (Å²) in [6, 6.07) is 5.50. The minimum absolute atomic E-state index is 0.00639. The van der Waals surface area contributed by atoms with E-state index in [0.717, 1.165) is 26.7 Å². The average molecular weight is 691 g/mol. The van der Waals surface area contributed by atoms with Crippen LogP contribution in [-0.4, -0.2) is 43.8 Å². The number of nitrogens with one attached hydrogen (secondary N) is 2. The van der Waals surface area contributed by atoms with Crippen molar-refractivity contribution >= 4 is 85.1 Å². The summed E-state index contributed by atoms with van der Waals surface area (Å²) in [5.41, 5.74) is 5.62. The van der Waals surface area contributed by atoms with Crippen molar-refractivity contribution in [2.45, 2.75) is 25.4 Å². The summed E-state index contributed by atoms with van der Waals surface area (Å²) >= 11 is 1.91. The molecular weight excluding hydrogens is 670 g/mol. The lowest BCUT2D eigenvalue weighted by Crippen LogP contribution is -2.37. The number of alkyl halides is 1. The number of carbonyl (C=O) groups is 2. The van der Waals surface area contributed by atoms with Crippen LogP contribution in [0.2, 0.25) is 0 Å². The largest absolute Gasteiger partial charge is 0.384 e. The molecule has 2 aliphatic heterocycles. The lowest BCUT2D eigenvalue weighted by Gasteiger charge is -2.16. The molecule has 6 heterocycles. The maximum Gasteiger partial charge on any atom is 0.278 e. The second kappa shape index (κ2) is 11.1. The van der Waals surface area contributed by atoms with Gasteiger partial charge in [-0.2, -0.15) is 0 Å². The Labute approximate surface area is 244 Å². The standard InChI is InChI=1S/C25H20FIN8O3S2/c26-13-3-4-29-15(6-13)24-33-11-27-21(40-24)23(37)34-16-10-31-20-2-1-17(35(20)25(16)38)22(36)32-9-14-5-12-8-30-19(28)7-18(12)39-14/h3-8,10,17H,1-2,9,11H2,(H2,28,30)(H,32,36)(H,34,37)/t17-/m0/s1. The van der Waals surface area contributed by atoms with Crippen LogP contribution in [0.1, 0.15) is 28.9 Å². The molecule has 4 aromatic rings. The number of pyridine rings is 2. The van der Waals surface area contributed by atoms with Gasteiger partial charge in [0.2, 0.25) is 5.91 Å². The second-order valence-electron chi connectivity index (χ2n) is 8.80. The highest BCUT2D eigenvalue weighted by atomic mass is 127. The predicted molar refractivity (Wildman–Crippen MR) is 163 cm³/mol. The number of nitrogens with two attached hydrogens (primary N) is 1. The van der Waals surface area contributed by atoms with Gasteiger partial charge in [0.1, 0.15) is 37.1 Å². The number of nitrogen functional groups attached to an aromatic ring is 1. The number of anilines is 2. The van der Waals surface area contributed by atoms with E-state index in [1.165, 1.54) is 40.4 Å². The first-order valence-electron chi connectivity index (χ1n) is 12.0. The Morgan fingerprint density at radius 1 is 1.20 bits per heavy atom. The molecule has 0 bridgehead atoms. The van der Waals surface area contributed by atoms with Crippen LogP contribution in [0.15, 0.2) is 52.6 Å². The maximum atomic E-state index is 13.6. The van der Waals surface area contributed by atoms with Crippen molar-refractivity contribution in [3.8, 4) is 0 Å². The fourth-order valence-corrected chi connectivity index (χ4v) is 9.03. The molecule has 6 rings (SSSR count). The third-order valence-electron chi connectivity index (χ3n) is 6.17. The SMILES string of the molecule is Nc1cc2sc(CNC(=O)[C@@H]3CCc4ncc(NC(=O)C5=ICN=C(c6cc(F)ccn6)S5)c(=O)n43)cc2cn1. The molecule has 2 amide bonds. The number of rotatable bonds is 6. The van der Waals surface area contributed by atoms with E-state index in [4.69, 9.17) is 5.73 Å². The lowest BCUT2D eigenvalue weighted by molar-refractivity contribution is -0.124. The molecule has 0 radical (unpaired) electrons. The van der Waals surface area contributed by atoms with E-state index in [1.54, 1.807) is 12.3 Å². The van der Waals surface area contributed by atoms with Gasteiger partial charge >= 0.3 is 0 Å². The van der Waals surface area contributed by atoms with E-state index in [0.29, 0.717) is 49.2 Å². The molecule has 40 heavy (non-hydrogen) atoms. The van der Waals surface area contributed by atoms with Crippen molar-refractivity contribution in [3.63, 3.8) is 0 Å². The number of fused-ring (bicyclic) bond motifs is 2. The van der Waals surface area contributed by atoms with Gasteiger partial charge in [0.05, 0.1) is 23.0 Å². The highest BCUT2D eigenvalue weighted by molar-refractivity contribution is 14.2. The molecule has 0 fully saturated rings. The van der Waals surface area contributed by atoms with Crippen molar-refractivity contribution in [3.05, 3.63) is 75.4 Å². The average Bonchev–Trinajstić information content (AvgIpc) is 3.57. The van der Waals surface area contributed by atoms with Crippen LogP contribution < -0.4 is 21.9 Å². The van der Waals surface area contributed by atoms with Gasteiger partial charge in [-0.1, -0.05) is 32.5 Å². The van der Waals surface area contributed by atoms with Crippen molar-refractivity contribution in [1.82, 2.24) is 24.8 Å². The first-order valence-corrected chi connectivity index (χ1v) is 16.2. The summed E-state index contributed by atoms with van der Waals surface area (Å²) < 4.78 is 16.9. The third-order valence-corrected chi connectivity index (χ3v) is 11.4. The van der Waals surface area contributed by atoms with Crippen LogP contribution in [-0.2, 0) is 22.6 Å². The van der Waals surface area contributed by atoms with E-state index >= 15 is 0 Å². The van der Waals surface area contributed by atoms with Gasteiger partial charge in [-0.3, -0.25) is 28.9 Å². The van der Waals surface area contributed by atoms with Crippen LogP contribution in [0.5, 0.6) is 0 Å². The molecule has 4 N–H and O–H groups in total. The van der Waals surface area contributed by atoms with Crippen molar-refractivity contribution < 1.29 is 14.0 Å². The van der Waals surface area contributed by atoms with Gasteiger partial charge in [0.25, 0.3) is 11.5 Å². The summed E-state index contributed by atoms with van der Waals surface area (Å²) in [4.78, 5) is 57.5. The Balaban J connectivity index is 1.14. The number of amides is 2. The van der Waals surface area contributed by atoms with Crippen LogP contribution in [0.4, 0.5) is 15.9 Å². The second-order valence-corrected chi connectivity index (χ2v) is 14.2. The molecule has 0 spiro atoms. The first-order chi connectivity index (χ1) is 19.4. The van der Waals surface area contributed by atoms with Gasteiger partial charge in [-0.25, -0.2) is 14.4 Å². The minimum Gasteiger partial charge on any atom is -0.384 e. The van der Waals surface area contributed by atoms with Crippen LogP contribution in [0.3, 0.4) is 0 Å². The summed E-state index contributed by atoms with van der Waals surface area (Å²) in [6.45, 7) is 0.297. The molecule has 15 heteroatoms. The molecule has 0 aliphatic carbocycles. The summed E-state index contributed by atoms with van der Waals surface area (Å²) in [7, 11) is 0. The van der Waals surface area contributed by atoms with E-state index in [2.05, 4.69) is 30.6 Å². The molecule has 1 atom stereocenters. The lowest BCUT2D eigenvalue weighted by atomic mass is 10.2. The number of halogens is 2. The van der Waals surface area contributed by atoms with E-state index < -0.39 is 44.1 Å². The number of nitrogens with zero attached hydrogens (tertiary/aromatic N) is 5. The number of hydrogen-bond donors (Lipinski definition) is 3. The molecular formula is C25H20FIN8O3S2. The number of hydrogen-bond acceptors (Lipinski definition) is 10. The van der Waals surface area contributed by atoms with Crippen molar-refractivity contribution in [1.29, 1.82) is 0 Å². The molecule has 0 unspecified atom stereocenters. The summed E-state index contributed by atoms with van der Waals surface area (Å²) in [5, 5.41) is 6.98. The van der Waals surface area contributed by atoms with E-state index in [1.807, 2.05) is 6.07 Å². The number of thiophene rings is 1. The highest BCUT2D eigenvalue weighted by Gasteiger charge is 2.31. The van der Waals surface area contributed by atoms with Crippen LogP contribution in [0, 0.1) is 5.82 Å². The Bertz CT molecular complexity index is 1800. The first kappa shape index (κ1) is 26.6. The number of aryl methyl sites for hydroxylation is 1. The zero-order valence-corrected chi connectivity index (χ0v) is 24.3. The van der Waals surface area contributed by atoms with Gasteiger partial charge in [-0.15, -0.1) is 11.3 Å². The molecule has 0 aromatic carbocycles. The highest BCUT2D eigenvalue weighted by Crippen LogP contribution is 2.28. The molecule has 204 valence electrons. The van der Waals surface area contributed by atoms with Crippen LogP contribution >= 0.6 is 43.8 Å². The smallest absolute Gasteiger partial charge is 0.278 e. The topological polar surface area (TPSA) is 157 Å². The number of carbonyl (C=O) groups excluding carboxylic acids is 2. The zero-order valence-electron chi connectivity index (χ0n) is 20.6. The third kappa shape index (κ3) is 5.40. The Kier molecular flexibility index (Phi) is 7.41. The van der Waals surface area contributed by atoms with Crippen molar-refractivity contribution in [2.24, 2.45) is 4.99 Å². The molecule has 4 aromatic heterocycles. The number of aliphatic imine (C=N–C) groups is 1. The minimum atomic E-state index is -0.736. The number of thioether (sulfide) groups is 1. The maximum absolute atomic E-state index is 13.6. The van der Waals surface area contributed by atoms with Gasteiger partial charge in [-0.05, 0) is 24.6 Å². The van der Waals surface area contributed by atoms with Gasteiger partial charge in [0, 0.05) is 39.8 Å². The fraction of sp³-hybridized carbons (Fsp3) is 0.200. The molecule has 0 saturated heterocycles. The molecule has 11 nitrogen and oxygen atoms in total. The molecule has 2 aliphatic rings. The van der Waals surface area contributed by atoms with E-state index in [-0.39, 0.29) is 11.6 Å². The zero-order chi connectivity index (χ0) is 27.8. The van der Waals surface area contributed by atoms with Crippen LogP contribution in [0.25, 0.3) is 10.1 Å². The Morgan fingerprint density at radius 3 is 2.92 bits per heavy atom. The quantitative estimate of drug-likeness (QED) is 0.158. The monoisotopic (exact) mass is 690 g/mol. The normalized spacial score (nSPS) is 16.5. The van der Waals surface area contributed by atoms with E-state index in [9.17, 15) is 18.8 Å².